The highest BCUT2D eigenvalue weighted by Gasteiger charge is 2.33. The minimum Gasteiger partial charge on any atom is -0.392 e. The molecule has 1 heterocycles. The molecule has 1 rings (SSSR count). The number of rotatable bonds is 3. The number of pyridine rings is 1. The van der Waals surface area contributed by atoms with Crippen molar-refractivity contribution in [3.63, 3.8) is 0 Å². The maximum absolute atomic E-state index is 12.6. The van der Waals surface area contributed by atoms with E-state index in [1.165, 1.54) is 0 Å². The van der Waals surface area contributed by atoms with E-state index in [0.717, 1.165) is 6.20 Å². The molecule has 0 amide bonds. The van der Waals surface area contributed by atoms with E-state index >= 15 is 0 Å². The molecule has 0 aliphatic heterocycles. The van der Waals surface area contributed by atoms with Gasteiger partial charge < -0.3 is 9.84 Å². The van der Waals surface area contributed by atoms with Crippen LogP contribution in [0.4, 0.5) is 17.6 Å². The molecule has 0 radical (unpaired) electrons. The van der Waals surface area contributed by atoms with Gasteiger partial charge in [-0.3, -0.25) is 0 Å². The zero-order chi connectivity index (χ0) is 12.3. The van der Waals surface area contributed by atoms with Crippen LogP contribution in [0.1, 0.15) is 11.1 Å². The molecule has 3 nitrogen and oxygen atoms in total. The summed E-state index contributed by atoms with van der Waals surface area (Å²) in [5.41, 5.74) is -0.0627. The predicted octanol–water partition coefficient (Wildman–Crippen LogP) is 2.55. The SMILES string of the molecule is OCc1cnc(OC(F)(F)F)c(CF)c1I. The molecule has 8 heteroatoms. The van der Waals surface area contributed by atoms with Gasteiger partial charge in [0.25, 0.3) is 0 Å². The molecule has 0 aliphatic rings. The minimum absolute atomic E-state index is 0.178. The van der Waals surface area contributed by atoms with E-state index < -0.39 is 25.5 Å². The molecule has 0 aromatic carbocycles. The van der Waals surface area contributed by atoms with Crippen LogP contribution in [0.3, 0.4) is 0 Å². The number of aliphatic hydroxyl groups is 1. The summed E-state index contributed by atoms with van der Waals surface area (Å²) >= 11 is 1.63. The summed E-state index contributed by atoms with van der Waals surface area (Å²) in [6.45, 7) is -1.57. The quantitative estimate of drug-likeness (QED) is 0.673. The number of halogens is 5. The normalized spacial score (nSPS) is 11.6. The van der Waals surface area contributed by atoms with Crippen molar-refractivity contribution in [2.75, 3.05) is 0 Å². The highest BCUT2D eigenvalue weighted by atomic mass is 127. The monoisotopic (exact) mass is 351 g/mol. The molecule has 90 valence electrons. The van der Waals surface area contributed by atoms with E-state index in [0.29, 0.717) is 0 Å². The van der Waals surface area contributed by atoms with Gasteiger partial charge in [-0.1, -0.05) is 0 Å². The Kier molecular flexibility index (Phi) is 4.30. The smallest absolute Gasteiger partial charge is 0.392 e. The molecular weight excluding hydrogens is 345 g/mol. The van der Waals surface area contributed by atoms with Crippen molar-refractivity contribution >= 4 is 22.6 Å². The molecule has 1 aromatic heterocycles. The van der Waals surface area contributed by atoms with Crippen LogP contribution in [0.15, 0.2) is 6.20 Å². The Bertz CT molecular complexity index is 383. The second-order valence-corrected chi connectivity index (χ2v) is 3.80. The first kappa shape index (κ1) is 13.4. The second-order valence-electron chi connectivity index (χ2n) is 2.72. The minimum atomic E-state index is -4.92. The molecule has 0 atom stereocenters. The van der Waals surface area contributed by atoms with Crippen LogP contribution in [0.5, 0.6) is 5.88 Å². The van der Waals surface area contributed by atoms with Crippen molar-refractivity contribution in [1.82, 2.24) is 4.98 Å². The highest BCUT2D eigenvalue weighted by molar-refractivity contribution is 14.1. The van der Waals surface area contributed by atoms with E-state index in [4.69, 9.17) is 5.11 Å². The van der Waals surface area contributed by atoms with Crippen LogP contribution in [0.25, 0.3) is 0 Å². The van der Waals surface area contributed by atoms with Gasteiger partial charge in [0.15, 0.2) is 0 Å². The van der Waals surface area contributed by atoms with Crippen molar-refractivity contribution in [2.24, 2.45) is 0 Å². The molecular formula is C8H6F4INO2. The third-order valence-electron chi connectivity index (χ3n) is 1.66. The molecule has 16 heavy (non-hydrogen) atoms. The van der Waals surface area contributed by atoms with E-state index in [9.17, 15) is 17.6 Å². The van der Waals surface area contributed by atoms with Gasteiger partial charge in [-0.25, -0.2) is 9.37 Å². The zero-order valence-corrected chi connectivity index (χ0v) is 9.84. The Morgan fingerprint density at radius 2 is 2.06 bits per heavy atom. The Balaban J connectivity index is 3.16. The largest absolute Gasteiger partial charge is 0.574 e. The number of aromatic nitrogens is 1. The lowest BCUT2D eigenvalue weighted by Crippen LogP contribution is -2.19. The van der Waals surface area contributed by atoms with Crippen LogP contribution in [0.2, 0.25) is 0 Å². The van der Waals surface area contributed by atoms with E-state index in [2.05, 4.69) is 9.72 Å². The van der Waals surface area contributed by atoms with Gasteiger partial charge in [-0.05, 0) is 22.6 Å². The Hall–Kier alpha value is -0.640. The second kappa shape index (κ2) is 5.13. The van der Waals surface area contributed by atoms with Crippen LogP contribution in [-0.4, -0.2) is 16.5 Å². The Morgan fingerprint density at radius 1 is 1.44 bits per heavy atom. The topological polar surface area (TPSA) is 42.4 Å². The summed E-state index contributed by atoms with van der Waals surface area (Å²) in [6, 6.07) is 0. The maximum atomic E-state index is 12.6. The van der Waals surface area contributed by atoms with E-state index in [-0.39, 0.29) is 14.7 Å². The van der Waals surface area contributed by atoms with Gasteiger partial charge in [0.2, 0.25) is 5.88 Å². The maximum Gasteiger partial charge on any atom is 0.574 e. The van der Waals surface area contributed by atoms with Crippen molar-refractivity contribution in [3.05, 3.63) is 20.9 Å². The summed E-state index contributed by atoms with van der Waals surface area (Å²) in [4.78, 5) is 3.32. The lowest BCUT2D eigenvalue weighted by Gasteiger charge is -2.13. The number of aliphatic hydroxyl groups excluding tert-OH is 1. The van der Waals surface area contributed by atoms with Gasteiger partial charge in [-0.2, -0.15) is 0 Å². The summed E-state index contributed by atoms with van der Waals surface area (Å²) in [6.07, 6.45) is -3.90. The van der Waals surface area contributed by atoms with Crippen molar-refractivity contribution in [1.29, 1.82) is 0 Å². The number of nitrogens with zero attached hydrogens (tertiary/aromatic N) is 1. The van der Waals surface area contributed by atoms with Crippen LogP contribution >= 0.6 is 22.6 Å². The van der Waals surface area contributed by atoms with Crippen LogP contribution < -0.4 is 4.74 Å². The van der Waals surface area contributed by atoms with Gasteiger partial charge in [0.1, 0.15) is 6.67 Å². The molecule has 0 saturated carbocycles. The number of ether oxygens (including phenoxy) is 1. The fourth-order valence-corrected chi connectivity index (χ4v) is 1.67. The molecule has 1 aromatic rings. The third kappa shape index (κ3) is 3.17. The number of hydrogen-bond acceptors (Lipinski definition) is 3. The summed E-state index contributed by atoms with van der Waals surface area (Å²) in [5, 5.41) is 8.83. The first-order valence-corrected chi connectivity index (χ1v) is 5.05. The van der Waals surface area contributed by atoms with Gasteiger partial charge in [0, 0.05) is 15.3 Å². The van der Waals surface area contributed by atoms with Gasteiger partial charge in [-0.15, -0.1) is 13.2 Å². The fraction of sp³-hybridized carbons (Fsp3) is 0.375. The molecule has 0 bridgehead atoms. The standard InChI is InChI=1S/C8H6F4INO2/c9-1-5-6(13)4(3-15)2-14-7(5)16-8(10,11)12/h2,15H,1,3H2. The van der Waals surface area contributed by atoms with Crippen molar-refractivity contribution < 1.29 is 27.4 Å². The van der Waals surface area contributed by atoms with Crippen LogP contribution in [0, 0.1) is 3.57 Å². The van der Waals surface area contributed by atoms with Crippen molar-refractivity contribution in [3.8, 4) is 5.88 Å². The summed E-state index contributed by atoms with van der Waals surface area (Å²) < 4.78 is 52.1. The molecule has 0 spiro atoms. The average Bonchev–Trinajstić information content (AvgIpc) is 2.16. The zero-order valence-electron chi connectivity index (χ0n) is 7.68. The Labute approximate surface area is 102 Å². The first-order valence-electron chi connectivity index (χ1n) is 3.98. The number of hydrogen-bond donors (Lipinski definition) is 1. The lowest BCUT2D eigenvalue weighted by molar-refractivity contribution is -0.276. The molecule has 0 fully saturated rings. The van der Waals surface area contributed by atoms with Gasteiger partial charge in [0.05, 0.1) is 12.2 Å². The molecule has 0 aliphatic carbocycles. The Morgan fingerprint density at radius 3 is 2.50 bits per heavy atom. The summed E-state index contributed by atoms with van der Waals surface area (Å²) in [7, 11) is 0. The van der Waals surface area contributed by atoms with Crippen LogP contribution in [-0.2, 0) is 13.3 Å². The third-order valence-corrected chi connectivity index (χ3v) is 3.00. The molecule has 0 unspecified atom stereocenters. The van der Waals surface area contributed by atoms with Crippen molar-refractivity contribution in [2.45, 2.75) is 19.6 Å². The van der Waals surface area contributed by atoms with E-state index in [1.807, 2.05) is 0 Å². The van der Waals surface area contributed by atoms with E-state index in [1.54, 1.807) is 22.6 Å². The summed E-state index contributed by atoms with van der Waals surface area (Å²) in [5.74, 6) is -0.823. The highest BCUT2D eigenvalue weighted by Crippen LogP contribution is 2.29. The fourth-order valence-electron chi connectivity index (χ4n) is 0.982. The average molecular weight is 351 g/mol. The predicted molar refractivity (Wildman–Crippen MR) is 54.4 cm³/mol. The molecule has 1 N–H and O–H groups in total. The molecule has 0 saturated heterocycles. The number of alkyl halides is 4. The van der Waals surface area contributed by atoms with Gasteiger partial charge >= 0.3 is 6.36 Å². The first-order chi connectivity index (χ1) is 7.39. The lowest BCUT2D eigenvalue weighted by atomic mass is 10.2.